The summed E-state index contributed by atoms with van der Waals surface area (Å²) in [5.41, 5.74) is 3.38. The largest absolute Gasteiger partial charge is 0.454 e. The molecule has 1 aliphatic rings. The van der Waals surface area contributed by atoms with Crippen LogP contribution in [0.25, 0.3) is 0 Å². The molecule has 0 atom stereocenters. The maximum Gasteiger partial charge on any atom is 0.231 e. The Morgan fingerprint density at radius 3 is 3.05 bits per heavy atom. The van der Waals surface area contributed by atoms with E-state index in [-0.39, 0.29) is 0 Å². The first-order valence-corrected chi connectivity index (χ1v) is 6.89. The molecular formula is C15H19N3O2. The van der Waals surface area contributed by atoms with E-state index in [0.29, 0.717) is 6.79 Å². The van der Waals surface area contributed by atoms with E-state index in [9.17, 15) is 0 Å². The molecule has 0 unspecified atom stereocenters. The maximum absolute atomic E-state index is 5.50. The lowest BCUT2D eigenvalue weighted by Gasteiger charge is -2.08. The van der Waals surface area contributed by atoms with Gasteiger partial charge in [0, 0.05) is 25.2 Å². The minimum Gasteiger partial charge on any atom is -0.454 e. The average molecular weight is 273 g/mol. The second kappa shape index (κ2) is 5.54. The van der Waals surface area contributed by atoms with Gasteiger partial charge in [-0.15, -0.1) is 0 Å². The lowest BCUT2D eigenvalue weighted by molar-refractivity contribution is 0.173. The highest BCUT2D eigenvalue weighted by Crippen LogP contribution is 2.35. The molecule has 0 aliphatic carbocycles. The minimum absolute atomic E-state index is 0.314. The zero-order valence-electron chi connectivity index (χ0n) is 11.8. The molecule has 3 rings (SSSR count). The zero-order valence-corrected chi connectivity index (χ0v) is 11.8. The second-order valence-corrected chi connectivity index (χ2v) is 4.85. The van der Waals surface area contributed by atoms with Crippen molar-refractivity contribution in [2.45, 2.75) is 33.5 Å². The summed E-state index contributed by atoms with van der Waals surface area (Å²) in [6, 6.07) is 8.10. The number of nitrogens with zero attached hydrogens (tertiary/aromatic N) is 2. The highest BCUT2D eigenvalue weighted by molar-refractivity contribution is 5.48. The summed E-state index contributed by atoms with van der Waals surface area (Å²) in [4.78, 5) is 0. The molecule has 0 amide bonds. The predicted molar refractivity (Wildman–Crippen MR) is 75.7 cm³/mol. The van der Waals surface area contributed by atoms with E-state index >= 15 is 0 Å². The Labute approximate surface area is 118 Å². The van der Waals surface area contributed by atoms with E-state index in [2.05, 4.69) is 29.5 Å². The molecule has 5 heteroatoms. The summed E-state index contributed by atoms with van der Waals surface area (Å²) in [5.74, 6) is 1.69. The van der Waals surface area contributed by atoms with Gasteiger partial charge in [-0.3, -0.25) is 4.68 Å². The fraction of sp³-hybridized carbons (Fsp3) is 0.400. The number of benzene rings is 1. The molecule has 5 nitrogen and oxygen atoms in total. The predicted octanol–water partition coefficient (Wildman–Crippen LogP) is 2.23. The van der Waals surface area contributed by atoms with E-state index in [1.54, 1.807) is 0 Å². The van der Waals surface area contributed by atoms with Gasteiger partial charge in [0.1, 0.15) is 0 Å². The summed E-state index contributed by atoms with van der Waals surface area (Å²) in [6.07, 6.45) is 0. The Hall–Kier alpha value is -2.01. The van der Waals surface area contributed by atoms with Crippen molar-refractivity contribution in [1.82, 2.24) is 15.1 Å². The van der Waals surface area contributed by atoms with Crippen LogP contribution in [-0.4, -0.2) is 16.6 Å². The van der Waals surface area contributed by atoms with Crippen molar-refractivity contribution in [2.24, 2.45) is 0 Å². The molecule has 0 bridgehead atoms. The lowest BCUT2D eigenvalue weighted by Crippen LogP contribution is -2.16. The first-order valence-electron chi connectivity index (χ1n) is 6.89. The van der Waals surface area contributed by atoms with Gasteiger partial charge in [0.05, 0.1) is 11.4 Å². The Morgan fingerprint density at radius 2 is 2.20 bits per heavy atom. The number of para-hydroxylation sites is 1. The van der Waals surface area contributed by atoms with Gasteiger partial charge in [-0.2, -0.15) is 5.10 Å². The smallest absolute Gasteiger partial charge is 0.231 e. The maximum atomic E-state index is 5.50. The van der Waals surface area contributed by atoms with Gasteiger partial charge < -0.3 is 14.8 Å². The van der Waals surface area contributed by atoms with Gasteiger partial charge in [0.25, 0.3) is 0 Å². The molecule has 1 N–H and O–H groups in total. The highest BCUT2D eigenvalue weighted by atomic mass is 16.7. The van der Waals surface area contributed by atoms with Gasteiger partial charge in [0.15, 0.2) is 11.5 Å². The van der Waals surface area contributed by atoms with Crippen LogP contribution in [0.2, 0.25) is 0 Å². The number of ether oxygens (including phenoxy) is 2. The van der Waals surface area contributed by atoms with Gasteiger partial charge >= 0.3 is 0 Å². The molecule has 0 fully saturated rings. The Balaban J connectivity index is 1.64. The summed E-state index contributed by atoms with van der Waals surface area (Å²) in [6.45, 7) is 6.87. The van der Waals surface area contributed by atoms with E-state index in [4.69, 9.17) is 9.47 Å². The minimum atomic E-state index is 0.314. The Bertz CT molecular complexity index is 607. The summed E-state index contributed by atoms with van der Waals surface area (Å²) in [5, 5.41) is 7.88. The number of aryl methyl sites for hydroxylation is 2. The molecule has 106 valence electrons. The van der Waals surface area contributed by atoms with Crippen LogP contribution in [0.1, 0.15) is 23.9 Å². The summed E-state index contributed by atoms with van der Waals surface area (Å²) in [7, 11) is 0. The van der Waals surface area contributed by atoms with Crippen molar-refractivity contribution < 1.29 is 9.47 Å². The number of rotatable bonds is 5. The zero-order chi connectivity index (χ0) is 13.9. The molecule has 1 aromatic heterocycles. The Morgan fingerprint density at radius 1 is 1.30 bits per heavy atom. The quantitative estimate of drug-likeness (QED) is 0.907. The number of hydrogen-bond acceptors (Lipinski definition) is 4. The number of hydrogen-bond donors (Lipinski definition) is 1. The fourth-order valence-corrected chi connectivity index (χ4v) is 2.47. The van der Waals surface area contributed by atoms with Crippen molar-refractivity contribution >= 4 is 0 Å². The van der Waals surface area contributed by atoms with Crippen molar-refractivity contribution in [3.63, 3.8) is 0 Å². The first kappa shape index (κ1) is 13.0. The van der Waals surface area contributed by atoms with E-state index in [1.165, 1.54) is 5.69 Å². The van der Waals surface area contributed by atoms with Gasteiger partial charge in [0.2, 0.25) is 6.79 Å². The Kier molecular flexibility index (Phi) is 3.60. The van der Waals surface area contributed by atoms with Crippen LogP contribution in [0.4, 0.5) is 0 Å². The van der Waals surface area contributed by atoms with E-state index < -0.39 is 0 Å². The van der Waals surface area contributed by atoms with Crippen LogP contribution >= 0.6 is 0 Å². The summed E-state index contributed by atoms with van der Waals surface area (Å²) >= 11 is 0. The molecule has 1 aromatic carbocycles. The van der Waals surface area contributed by atoms with Crippen molar-refractivity contribution in [3.05, 3.63) is 41.2 Å². The third kappa shape index (κ3) is 2.49. The molecule has 0 spiro atoms. The van der Waals surface area contributed by atoms with Crippen LogP contribution in [0.3, 0.4) is 0 Å². The van der Waals surface area contributed by atoms with Gasteiger partial charge in [-0.1, -0.05) is 12.1 Å². The van der Waals surface area contributed by atoms with Gasteiger partial charge in [-0.05, 0) is 26.0 Å². The van der Waals surface area contributed by atoms with E-state index in [0.717, 1.165) is 42.4 Å². The number of fused-ring (bicyclic) bond motifs is 1. The molecule has 20 heavy (non-hydrogen) atoms. The molecule has 2 aromatic rings. The number of nitrogens with one attached hydrogen (secondary N) is 1. The van der Waals surface area contributed by atoms with Crippen LogP contribution in [0.5, 0.6) is 11.5 Å². The fourth-order valence-electron chi connectivity index (χ4n) is 2.47. The molecule has 0 saturated carbocycles. The van der Waals surface area contributed by atoms with Crippen LogP contribution in [-0.2, 0) is 19.6 Å². The van der Waals surface area contributed by atoms with Crippen LogP contribution in [0, 0.1) is 6.92 Å². The van der Waals surface area contributed by atoms with Gasteiger partial charge in [-0.25, -0.2) is 0 Å². The molecule has 2 heterocycles. The second-order valence-electron chi connectivity index (χ2n) is 4.85. The van der Waals surface area contributed by atoms with Crippen LogP contribution in [0.15, 0.2) is 24.3 Å². The third-order valence-corrected chi connectivity index (χ3v) is 3.38. The molecule has 0 saturated heterocycles. The number of aromatic nitrogens is 2. The van der Waals surface area contributed by atoms with Crippen molar-refractivity contribution in [3.8, 4) is 11.5 Å². The molecule has 1 aliphatic heterocycles. The highest BCUT2D eigenvalue weighted by Gasteiger charge is 2.16. The monoisotopic (exact) mass is 273 g/mol. The average Bonchev–Trinajstić information content (AvgIpc) is 3.05. The SMILES string of the molecule is CCn1nc(C)cc1CNCc1cccc2c1OCO2. The van der Waals surface area contributed by atoms with E-state index in [1.807, 2.05) is 23.7 Å². The molecular weight excluding hydrogens is 254 g/mol. The topological polar surface area (TPSA) is 48.3 Å². The van der Waals surface area contributed by atoms with Crippen LogP contribution < -0.4 is 14.8 Å². The first-order chi connectivity index (χ1) is 9.78. The normalized spacial score (nSPS) is 12.9. The third-order valence-electron chi connectivity index (χ3n) is 3.38. The standard InChI is InChI=1S/C15H19N3O2/c1-3-18-13(7-11(2)17-18)9-16-8-12-5-4-6-14-15(12)20-10-19-14/h4-7,16H,3,8-10H2,1-2H3. The van der Waals surface area contributed by atoms with Crippen molar-refractivity contribution in [2.75, 3.05) is 6.79 Å². The lowest BCUT2D eigenvalue weighted by atomic mass is 10.2. The molecule has 0 radical (unpaired) electrons. The van der Waals surface area contributed by atoms with Crippen molar-refractivity contribution in [1.29, 1.82) is 0 Å². The summed E-state index contributed by atoms with van der Waals surface area (Å²) < 4.78 is 12.9.